The normalized spacial score (nSPS) is 9.53. The number of rotatable bonds is 5. The van der Waals surface area contributed by atoms with Gasteiger partial charge in [0.15, 0.2) is 0 Å². The summed E-state index contributed by atoms with van der Waals surface area (Å²) in [5, 5.41) is 8.69. The fraction of sp³-hybridized carbons (Fsp3) is 0.357. The van der Waals surface area contributed by atoms with E-state index in [0.717, 1.165) is 5.56 Å². The summed E-state index contributed by atoms with van der Waals surface area (Å²) in [4.78, 5) is 24.6. The number of carbonyl (C=O) groups is 2. The minimum atomic E-state index is -0.435. The van der Waals surface area contributed by atoms with Crippen molar-refractivity contribution in [2.75, 3.05) is 20.2 Å². The zero-order valence-electron chi connectivity index (χ0n) is 11.0. The first-order chi connectivity index (χ1) is 9.10. The Bertz CT molecular complexity index is 488. The summed E-state index contributed by atoms with van der Waals surface area (Å²) in [6.45, 7) is 2.21. The van der Waals surface area contributed by atoms with E-state index in [0.29, 0.717) is 12.1 Å². The number of benzene rings is 1. The first-order valence-corrected chi connectivity index (χ1v) is 5.94. The average Bonchev–Trinajstić information content (AvgIpc) is 2.45. The van der Waals surface area contributed by atoms with E-state index in [-0.39, 0.29) is 18.9 Å². The van der Waals surface area contributed by atoms with Crippen molar-refractivity contribution in [2.24, 2.45) is 0 Å². The third-order valence-corrected chi connectivity index (χ3v) is 2.72. The highest BCUT2D eigenvalue weighted by Gasteiger charge is 2.16. The summed E-state index contributed by atoms with van der Waals surface area (Å²) in [6, 6.07) is 8.83. The highest BCUT2D eigenvalue weighted by atomic mass is 16.5. The van der Waals surface area contributed by atoms with Crippen LogP contribution in [0.1, 0.15) is 18.1 Å². The molecule has 0 spiro atoms. The number of likely N-dealkylation sites (N-methyl/N-ethyl adjacent to an activating group) is 1. The van der Waals surface area contributed by atoms with Crippen molar-refractivity contribution in [1.82, 2.24) is 4.90 Å². The third kappa shape index (κ3) is 4.43. The van der Waals surface area contributed by atoms with Crippen LogP contribution < -0.4 is 0 Å². The molecule has 0 aliphatic rings. The Labute approximate surface area is 112 Å². The summed E-state index contributed by atoms with van der Waals surface area (Å²) in [5.41, 5.74) is 1.37. The van der Waals surface area contributed by atoms with Crippen molar-refractivity contribution < 1.29 is 14.3 Å². The van der Waals surface area contributed by atoms with E-state index in [2.05, 4.69) is 4.74 Å². The number of ether oxygens (including phenoxy) is 1. The molecule has 1 rings (SSSR count). The Morgan fingerprint density at radius 3 is 2.42 bits per heavy atom. The molecule has 0 atom stereocenters. The van der Waals surface area contributed by atoms with Crippen LogP contribution >= 0.6 is 0 Å². The lowest BCUT2D eigenvalue weighted by Crippen LogP contribution is -2.37. The van der Waals surface area contributed by atoms with E-state index in [1.165, 1.54) is 12.0 Å². The second-order valence-corrected chi connectivity index (χ2v) is 3.97. The number of hydrogen-bond acceptors (Lipinski definition) is 4. The maximum absolute atomic E-state index is 12.0. The lowest BCUT2D eigenvalue weighted by Gasteiger charge is -2.19. The first-order valence-electron chi connectivity index (χ1n) is 5.94. The van der Waals surface area contributed by atoms with Crippen LogP contribution in [0, 0.1) is 11.3 Å². The van der Waals surface area contributed by atoms with Gasteiger partial charge in [0.25, 0.3) is 0 Å². The Morgan fingerprint density at radius 1 is 1.32 bits per heavy atom. The van der Waals surface area contributed by atoms with Gasteiger partial charge in [-0.1, -0.05) is 12.1 Å². The Balaban J connectivity index is 2.66. The Hall–Kier alpha value is -2.35. The van der Waals surface area contributed by atoms with Gasteiger partial charge in [0, 0.05) is 6.54 Å². The van der Waals surface area contributed by atoms with Crippen LogP contribution in [0.2, 0.25) is 0 Å². The maximum atomic E-state index is 12.0. The summed E-state index contributed by atoms with van der Waals surface area (Å²) in [5.74, 6) is -0.576. The monoisotopic (exact) mass is 260 g/mol. The molecule has 0 radical (unpaired) electrons. The molecular formula is C14H16N2O3. The van der Waals surface area contributed by atoms with E-state index in [4.69, 9.17) is 5.26 Å². The zero-order chi connectivity index (χ0) is 14.3. The average molecular weight is 260 g/mol. The summed E-state index contributed by atoms with van der Waals surface area (Å²) >= 11 is 0. The molecule has 19 heavy (non-hydrogen) atoms. The van der Waals surface area contributed by atoms with Gasteiger partial charge in [-0.3, -0.25) is 9.59 Å². The van der Waals surface area contributed by atoms with E-state index in [9.17, 15) is 9.59 Å². The van der Waals surface area contributed by atoms with E-state index in [1.54, 1.807) is 31.2 Å². The molecule has 5 heteroatoms. The molecule has 0 N–H and O–H groups in total. The Morgan fingerprint density at radius 2 is 1.95 bits per heavy atom. The minimum absolute atomic E-state index is 0.0396. The zero-order valence-corrected chi connectivity index (χ0v) is 11.0. The lowest BCUT2D eigenvalue weighted by molar-refractivity contribution is -0.146. The number of methoxy groups -OCH3 is 1. The second kappa shape index (κ2) is 7.17. The van der Waals surface area contributed by atoms with Gasteiger partial charge in [-0.05, 0) is 24.6 Å². The molecule has 0 saturated heterocycles. The molecule has 100 valence electrons. The highest BCUT2D eigenvalue weighted by molar-refractivity contribution is 5.83. The smallest absolute Gasteiger partial charge is 0.325 e. The number of amides is 1. The van der Waals surface area contributed by atoms with Crippen LogP contribution in [0.3, 0.4) is 0 Å². The summed E-state index contributed by atoms with van der Waals surface area (Å²) in [7, 11) is 1.29. The molecular weight excluding hydrogens is 244 g/mol. The van der Waals surface area contributed by atoms with Crippen molar-refractivity contribution in [3.05, 3.63) is 35.4 Å². The predicted molar refractivity (Wildman–Crippen MR) is 69.1 cm³/mol. The standard InChI is InChI=1S/C14H16N2O3/c1-3-16(10-14(18)19-2)13(17)8-11-4-6-12(9-15)7-5-11/h4-7H,3,8,10H2,1-2H3. The topological polar surface area (TPSA) is 70.4 Å². The lowest BCUT2D eigenvalue weighted by atomic mass is 10.1. The second-order valence-electron chi connectivity index (χ2n) is 3.97. The molecule has 0 aliphatic carbocycles. The molecule has 0 fully saturated rings. The summed E-state index contributed by atoms with van der Waals surface area (Å²) in [6.07, 6.45) is 0.205. The van der Waals surface area contributed by atoms with Gasteiger partial charge in [0.05, 0.1) is 25.2 Å². The van der Waals surface area contributed by atoms with Crippen molar-refractivity contribution in [2.45, 2.75) is 13.3 Å². The molecule has 1 amide bonds. The molecule has 1 aromatic carbocycles. The largest absolute Gasteiger partial charge is 0.468 e. The van der Waals surface area contributed by atoms with E-state index >= 15 is 0 Å². The maximum Gasteiger partial charge on any atom is 0.325 e. The van der Waals surface area contributed by atoms with E-state index < -0.39 is 5.97 Å². The molecule has 0 bridgehead atoms. The van der Waals surface area contributed by atoms with Gasteiger partial charge in [-0.2, -0.15) is 5.26 Å². The predicted octanol–water partition coefficient (Wildman–Crippen LogP) is 1.12. The molecule has 5 nitrogen and oxygen atoms in total. The van der Waals surface area contributed by atoms with Gasteiger partial charge in [-0.15, -0.1) is 0 Å². The van der Waals surface area contributed by atoms with Gasteiger partial charge < -0.3 is 9.64 Å². The Kier molecular flexibility index (Phi) is 5.55. The summed E-state index contributed by atoms with van der Waals surface area (Å²) < 4.78 is 4.54. The quantitative estimate of drug-likeness (QED) is 0.744. The van der Waals surface area contributed by atoms with Gasteiger partial charge >= 0.3 is 5.97 Å². The highest BCUT2D eigenvalue weighted by Crippen LogP contribution is 2.06. The fourth-order valence-electron chi connectivity index (χ4n) is 1.58. The minimum Gasteiger partial charge on any atom is -0.468 e. The third-order valence-electron chi connectivity index (χ3n) is 2.72. The van der Waals surface area contributed by atoms with Gasteiger partial charge in [0.1, 0.15) is 6.54 Å². The van der Waals surface area contributed by atoms with Crippen molar-refractivity contribution >= 4 is 11.9 Å². The molecule has 0 aliphatic heterocycles. The molecule has 1 aromatic rings. The SMILES string of the molecule is CCN(CC(=O)OC)C(=O)Cc1ccc(C#N)cc1. The van der Waals surface area contributed by atoms with Crippen LogP contribution in [0.4, 0.5) is 0 Å². The van der Waals surface area contributed by atoms with E-state index in [1.807, 2.05) is 6.07 Å². The van der Waals surface area contributed by atoms with Crippen LogP contribution in [0.15, 0.2) is 24.3 Å². The number of esters is 1. The molecule has 0 unspecified atom stereocenters. The number of nitriles is 1. The van der Waals surface area contributed by atoms with Crippen molar-refractivity contribution in [1.29, 1.82) is 5.26 Å². The van der Waals surface area contributed by atoms with Crippen LogP contribution in [-0.2, 0) is 20.7 Å². The van der Waals surface area contributed by atoms with Crippen LogP contribution in [0.25, 0.3) is 0 Å². The number of hydrogen-bond donors (Lipinski definition) is 0. The van der Waals surface area contributed by atoms with Crippen LogP contribution in [0.5, 0.6) is 0 Å². The molecule has 0 aromatic heterocycles. The van der Waals surface area contributed by atoms with Crippen molar-refractivity contribution in [3.8, 4) is 6.07 Å². The van der Waals surface area contributed by atoms with Gasteiger partial charge in [-0.25, -0.2) is 0 Å². The number of nitrogens with zero attached hydrogens (tertiary/aromatic N) is 2. The molecule has 0 saturated carbocycles. The number of carbonyl (C=O) groups excluding carboxylic acids is 2. The first kappa shape index (κ1) is 14.7. The van der Waals surface area contributed by atoms with Gasteiger partial charge in [0.2, 0.25) is 5.91 Å². The van der Waals surface area contributed by atoms with Crippen molar-refractivity contribution in [3.63, 3.8) is 0 Å². The van der Waals surface area contributed by atoms with Crippen LogP contribution in [-0.4, -0.2) is 37.0 Å². The molecule has 0 heterocycles. The fourth-order valence-corrected chi connectivity index (χ4v) is 1.58.